The Kier molecular flexibility index (Phi) is 8.13. The summed E-state index contributed by atoms with van der Waals surface area (Å²) in [5, 5.41) is 9.58. The van der Waals surface area contributed by atoms with Gasteiger partial charge >= 0.3 is 5.97 Å². The molecule has 0 aliphatic carbocycles. The first-order chi connectivity index (χ1) is 16.1. The smallest absolute Gasteiger partial charge is 0.329 e. The second-order valence-electron chi connectivity index (χ2n) is 8.33. The van der Waals surface area contributed by atoms with Crippen LogP contribution in [0.2, 0.25) is 5.02 Å². The number of ether oxygens (including phenoxy) is 1. The Morgan fingerprint density at radius 3 is 2.12 bits per heavy atom. The summed E-state index contributed by atoms with van der Waals surface area (Å²) in [4.78, 5) is 15.7. The number of carboxylic acid groups (broad SMARTS) is 1. The number of benzene rings is 3. The van der Waals surface area contributed by atoms with Crippen LogP contribution in [0.25, 0.3) is 0 Å². The van der Waals surface area contributed by atoms with Crippen molar-refractivity contribution in [3.8, 4) is 0 Å². The monoisotopic (exact) mass is 464 g/mol. The van der Waals surface area contributed by atoms with E-state index in [4.69, 9.17) is 21.4 Å². The zero-order chi connectivity index (χ0) is 23.0. The molecule has 5 nitrogen and oxygen atoms in total. The molecule has 4 rings (SSSR count). The fourth-order valence-electron chi connectivity index (χ4n) is 4.42. The minimum absolute atomic E-state index is 0.197. The van der Waals surface area contributed by atoms with Gasteiger partial charge in [-0.3, -0.25) is 9.80 Å². The van der Waals surface area contributed by atoms with Gasteiger partial charge in [0.25, 0.3) is 0 Å². The Hall–Kier alpha value is -2.70. The summed E-state index contributed by atoms with van der Waals surface area (Å²) in [6.45, 7) is 4.70. The van der Waals surface area contributed by atoms with Crippen molar-refractivity contribution >= 4 is 17.6 Å². The molecule has 33 heavy (non-hydrogen) atoms. The van der Waals surface area contributed by atoms with Gasteiger partial charge in [-0.25, -0.2) is 4.79 Å². The number of hydrogen-bond acceptors (Lipinski definition) is 4. The van der Waals surface area contributed by atoms with E-state index >= 15 is 0 Å². The fraction of sp³-hybridized carbons (Fsp3) is 0.296. The molecular weight excluding hydrogens is 436 g/mol. The number of carbonyl (C=O) groups is 1. The van der Waals surface area contributed by atoms with Crippen molar-refractivity contribution in [3.63, 3.8) is 0 Å². The molecule has 172 valence electrons. The van der Waals surface area contributed by atoms with Gasteiger partial charge in [-0.2, -0.15) is 0 Å². The predicted molar refractivity (Wildman–Crippen MR) is 130 cm³/mol. The van der Waals surface area contributed by atoms with Crippen molar-refractivity contribution in [2.45, 2.75) is 19.2 Å². The highest BCUT2D eigenvalue weighted by Gasteiger charge is 2.26. The van der Waals surface area contributed by atoms with Crippen molar-refractivity contribution in [1.82, 2.24) is 9.80 Å². The maximum atomic E-state index is 10.8. The molecular formula is C27H29ClN2O3. The number of carboxylic acids is 1. The molecule has 0 amide bonds. The third kappa shape index (κ3) is 6.42. The zero-order valence-corrected chi connectivity index (χ0v) is 19.3. The van der Waals surface area contributed by atoms with Crippen molar-refractivity contribution in [2.75, 3.05) is 32.8 Å². The summed E-state index contributed by atoms with van der Waals surface area (Å²) >= 11 is 6.15. The highest BCUT2D eigenvalue weighted by molar-refractivity contribution is 6.30. The van der Waals surface area contributed by atoms with Crippen LogP contribution in [0.15, 0.2) is 78.9 Å². The van der Waals surface area contributed by atoms with Gasteiger partial charge in [-0.15, -0.1) is 0 Å². The topological polar surface area (TPSA) is 53.0 Å². The third-order valence-corrected chi connectivity index (χ3v) is 6.32. The molecule has 1 aliphatic heterocycles. The molecule has 1 fully saturated rings. The van der Waals surface area contributed by atoms with Gasteiger partial charge in [-0.1, -0.05) is 78.3 Å². The number of rotatable bonds is 9. The summed E-state index contributed by atoms with van der Waals surface area (Å²) in [5.41, 5.74) is 4.77. The molecule has 1 N–H and O–H groups in total. The second-order valence-corrected chi connectivity index (χ2v) is 8.77. The maximum absolute atomic E-state index is 10.8. The van der Waals surface area contributed by atoms with E-state index in [0.717, 1.165) is 43.3 Å². The number of piperazine rings is 1. The van der Waals surface area contributed by atoms with Crippen LogP contribution in [0.1, 0.15) is 28.3 Å². The Morgan fingerprint density at radius 1 is 0.848 bits per heavy atom. The lowest BCUT2D eigenvalue weighted by Crippen LogP contribution is -2.47. The van der Waals surface area contributed by atoms with E-state index in [-0.39, 0.29) is 12.6 Å². The number of nitrogens with zero attached hydrogens (tertiary/aromatic N) is 2. The van der Waals surface area contributed by atoms with Gasteiger partial charge in [0.1, 0.15) is 6.61 Å². The van der Waals surface area contributed by atoms with Crippen LogP contribution in [-0.2, 0) is 22.7 Å². The molecule has 1 heterocycles. The van der Waals surface area contributed by atoms with Crippen LogP contribution in [0.5, 0.6) is 0 Å². The lowest BCUT2D eigenvalue weighted by molar-refractivity contribution is -0.142. The standard InChI is InChI=1S/C27H29ClN2O3/c28-25-12-10-22(11-13-25)27(21-6-2-1-3-7-21)30-16-14-29(15-17-30)18-23-8-4-5-9-24(23)19-33-20-26(31)32/h1-13,27H,14-20H2,(H,31,32)/t27-/m1/s1. The molecule has 0 bridgehead atoms. The van der Waals surface area contributed by atoms with Crippen molar-refractivity contribution in [1.29, 1.82) is 0 Å². The first-order valence-electron chi connectivity index (χ1n) is 11.2. The van der Waals surface area contributed by atoms with Gasteiger partial charge in [0.15, 0.2) is 0 Å². The average molecular weight is 465 g/mol. The Balaban J connectivity index is 1.42. The van der Waals surface area contributed by atoms with Crippen LogP contribution in [0.3, 0.4) is 0 Å². The van der Waals surface area contributed by atoms with Gasteiger partial charge in [0.05, 0.1) is 12.6 Å². The first-order valence-corrected chi connectivity index (χ1v) is 11.6. The van der Waals surface area contributed by atoms with E-state index in [2.05, 4.69) is 58.3 Å². The summed E-state index contributed by atoms with van der Waals surface area (Å²) < 4.78 is 5.33. The molecule has 0 aromatic heterocycles. The van der Waals surface area contributed by atoms with Gasteiger partial charge < -0.3 is 9.84 Å². The zero-order valence-electron chi connectivity index (χ0n) is 18.6. The highest BCUT2D eigenvalue weighted by Crippen LogP contribution is 2.30. The average Bonchev–Trinajstić information content (AvgIpc) is 2.83. The van der Waals surface area contributed by atoms with Gasteiger partial charge in [0.2, 0.25) is 0 Å². The maximum Gasteiger partial charge on any atom is 0.329 e. The molecule has 6 heteroatoms. The molecule has 1 aliphatic rings. The quantitative estimate of drug-likeness (QED) is 0.490. The Morgan fingerprint density at radius 2 is 1.45 bits per heavy atom. The lowest BCUT2D eigenvalue weighted by atomic mass is 9.96. The van der Waals surface area contributed by atoms with E-state index in [1.165, 1.54) is 16.7 Å². The summed E-state index contributed by atoms with van der Waals surface area (Å²) in [5.74, 6) is -0.947. The molecule has 1 atom stereocenters. The van der Waals surface area contributed by atoms with Crippen LogP contribution in [-0.4, -0.2) is 53.7 Å². The summed E-state index contributed by atoms with van der Waals surface area (Å²) in [7, 11) is 0. The van der Waals surface area contributed by atoms with Crippen molar-refractivity contribution in [3.05, 3.63) is 106 Å². The van der Waals surface area contributed by atoms with Crippen LogP contribution >= 0.6 is 11.6 Å². The molecule has 0 spiro atoms. The molecule has 3 aromatic carbocycles. The number of halogens is 1. The molecule has 3 aromatic rings. The third-order valence-electron chi connectivity index (χ3n) is 6.07. The van der Waals surface area contributed by atoms with Crippen molar-refractivity contribution in [2.24, 2.45) is 0 Å². The number of hydrogen-bond donors (Lipinski definition) is 1. The largest absolute Gasteiger partial charge is 0.480 e. The molecule has 1 saturated heterocycles. The van der Waals surface area contributed by atoms with Crippen LogP contribution in [0, 0.1) is 0 Å². The van der Waals surface area contributed by atoms with E-state index < -0.39 is 5.97 Å². The van der Waals surface area contributed by atoms with E-state index in [1.54, 1.807) is 0 Å². The number of aliphatic carboxylic acids is 1. The SMILES string of the molecule is O=C(O)COCc1ccccc1CN1CCN([C@H](c2ccccc2)c2ccc(Cl)cc2)CC1. The fourth-order valence-corrected chi connectivity index (χ4v) is 4.54. The summed E-state index contributed by atoms with van der Waals surface area (Å²) in [6.07, 6.45) is 0. The van der Waals surface area contributed by atoms with Crippen LogP contribution in [0.4, 0.5) is 0 Å². The molecule has 0 saturated carbocycles. The molecule has 0 unspecified atom stereocenters. The Labute approximate surface area is 200 Å². The van der Waals surface area contributed by atoms with E-state index in [0.29, 0.717) is 6.61 Å². The van der Waals surface area contributed by atoms with E-state index in [9.17, 15) is 4.79 Å². The minimum Gasteiger partial charge on any atom is -0.480 e. The predicted octanol–water partition coefficient (Wildman–Crippen LogP) is 4.85. The molecule has 0 radical (unpaired) electrons. The highest BCUT2D eigenvalue weighted by atomic mass is 35.5. The lowest BCUT2D eigenvalue weighted by Gasteiger charge is -2.40. The van der Waals surface area contributed by atoms with Gasteiger partial charge in [0, 0.05) is 37.7 Å². The Bertz CT molecular complexity index is 1030. The summed E-state index contributed by atoms with van der Waals surface area (Å²) in [6, 6.07) is 27.1. The van der Waals surface area contributed by atoms with E-state index in [1.807, 2.05) is 30.3 Å². The van der Waals surface area contributed by atoms with Crippen molar-refractivity contribution < 1.29 is 14.6 Å². The second kappa shape index (κ2) is 11.4. The normalized spacial score (nSPS) is 15.9. The first kappa shape index (κ1) is 23.5. The van der Waals surface area contributed by atoms with Gasteiger partial charge in [-0.05, 0) is 34.4 Å². The minimum atomic E-state index is -0.947. The van der Waals surface area contributed by atoms with Crippen LogP contribution < -0.4 is 0 Å².